The lowest BCUT2D eigenvalue weighted by Gasteiger charge is -2.00. The van der Waals surface area contributed by atoms with Crippen molar-refractivity contribution in [3.63, 3.8) is 0 Å². The van der Waals surface area contributed by atoms with E-state index in [4.69, 9.17) is 17.2 Å². The van der Waals surface area contributed by atoms with Gasteiger partial charge in [0.25, 0.3) is 0 Å². The molecule has 1 aromatic carbocycles. The summed E-state index contributed by atoms with van der Waals surface area (Å²) in [6.07, 6.45) is 8.81. The van der Waals surface area contributed by atoms with Crippen LogP contribution < -0.4 is 22.5 Å². The first-order valence-electron chi connectivity index (χ1n) is 9.70. The van der Waals surface area contributed by atoms with E-state index in [1.54, 1.807) is 13.1 Å². The molecule has 29 heavy (non-hydrogen) atoms. The van der Waals surface area contributed by atoms with Gasteiger partial charge in [-0.15, -0.1) is 10.2 Å². The third-order valence-electron chi connectivity index (χ3n) is 3.52. The van der Waals surface area contributed by atoms with Gasteiger partial charge in [-0.25, -0.2) is 0 Å². The number of carbonyl (C=O) groups is 1. The van der Waals surface area contributed by atoms with E-state index in [1.807, 2.05) is 50.3 Å². The van der Waals surface area contributed by atoms with Gasteiger partial charge in [-0.2, -0.15) is 0 Å². The summed E-state index contributed by atoms with van der Waals surface area (Å²) in [7, 11) is 1.77. The van der Waals surface area contributed by atoms with Crippen molar-refractivity contribution in [1.29, 1.82) is 0 Å². The number of carbonyl (C=O) groups excluding carboxylic acids is 1. The number of aromatic nitrogens is 2. The summed E-state index contributed by atoms with van der Waals surface area (Å²) in [6.45, 7) is 4.00. The van der Waals surface area contributed by atoms with Crippen molar-refractivity contribution in [3.05, 3.63) is 64.6 Å². The van der Waals surface area contributed by atoms with Crippen LogP contribution in [-0.4, -0.2) is 23.5 Å². The molecule has 0 spiro atoms. The second kappa shape index (κ2) is 17.2. The highest BCUT2D eigenvalue weighted by Gasteiger charge is 2.00. The van der Waals surface area contributed by atoms with Crippen LogP contribution in [0, 0.1) is 0 Å². The molecule has 0 saturated heterocycles. The average molecular weight is 419 g/mol. The molecule has 8 heteroatoms. The number of nitrogens with one attached hydrogen (secondary N) is 1. The summed E-state index contributed by atoms with van der Waals surface area (Å²) in [5, 5.41) is 12.1. The summed E-state index contributed by atoms with van der Waals surface area (Å²) < 4.78 is 0. The quantitative estimate of drug-likeness (QED) is 0.279. The fourth-order valence-electron chi connectivity index (χ4n) is 2.05. The minimum atomic E-state index is 0.525. The maximum Gasteiger partial charge on any atom is 0.203 e. The molecule has 0 saturated carbocycles. The lowest BCUT2D eigenvalue weighted by molar-refractivity contribution is -0.107. The van der Waals surface area contributed by atoms with Crippen LogP contribution in [0.25, 0.3) is 0 Å². The van der Waals surface area contributed by atoms with Crippen LogP contribution in [0.1, 0.15) is 43.7 Å². The molecule has 1 heterocycles. The number of nitrogens with two attached hydrogens (primary N) is 3. The van der Waals surface area contributed by atoms with Crippen molar-refractivity contribution >= 4 is 22.8 Å². The fraction of sp³-hybridized carbons (Fsp3) is 0.381. The van der Waals surface area contributed by atoms with E-state index in [0.29, 0.717) is 17.4 Å². The molecule has 0 unspecified atom stereocenters. The van der Waals surface area contributed by atoms with E-state index >= 15 is 0 Å². The Kier molecular flexibility index (Phi) is 15.5. The minimum absolute atomic E-state index is 0.525. The van der Waals surface area contributed by atoms with Crippen LogP contribution in [0.3, 0.4) is 0 Å². The molecule has 0 aliphatic rings. The molecular weight excluding hydrogens is 384 g/mol. The lowest BCUT2D eigenvalue weighted by atomic mass is 10.1. The van der Waals surface area contributed by atoms with Crippen molar-refractivity contribution in [1.82, 2.24) is 15.5 Å². The van der Waals surface area contributed by atoms with E-state index < -0.39 is 0 Å². The highest BCUT2D eigenvalue weighted by molar-refractivity contribution is 7.15. The van der Waals surface area contributed by atoms with Crippen molar-refractivity contribution in [2.45, 2.75) is 46.0 Å². The molecule has 0 aliphatic heterocycles. The first kappa shape index (κ1) is 26.1. The Morgan fingerprint density at radius 2 is 1.79 bits per heavy atom. The second-order valence-electron chi connectivity index (χ2n) is 5.71. The van der Waals surface area contributed by atoms with Crippen molar-refractivity contribution in [2.24, 2.45) is 11.5 Å². The molecule has 0 bridgehead atoms. The third-order valence-corrected chi connectivity index (χ3v) is 4.33. The summed E-state index contributed by atoms with van der Waals surface area (Å²) >= 11 is 1.44. The molecule has 2 rings (SSSR count). The number of benzene rings is 1. The van der Waals surface area contributed by atoms with E-state index in [9.17, 15) is 4.79 Å². The first-order valence-corrected chi connectivity index (χ1v) is 10.5. The molecule has 160 valence electrons. The standard InChI is InChI=1S/C11H20N6S.C8H8O.C2H6/c1-15-9(13)7-6-8(12)4-2-3-5-10-16-17-11(14)18-10;9-7-6-8-4-2-1-3-5-8;1-2/h6-7,15H,2-5,12-13H2,1H3,(H2,14,17);1-5,7H,6H2;1-2H3/b8-6-,9-7+;;. The number of aldehydes is 1. The van der Waals surface area contributed by atoms with Gasteiger partial charge in [0.15, 0.2) is 0 Å². The normalized spacial score (nSPS) is 10.9. The number of hydrogen-bond donors (Lipinski definition) is 4. The zero-order valence-corrected chi connectivity index (χ0v) is 18.4. The summed E-state index contributed by atoms with van der Waals surface area (Å²) in [5.41, 5.74) is 18.8. The molecule has 7 nitrogen and oxygen atoms in total. The van der Waals surface area contributed by atoms with Crippen LogP contribution in [0.4, 0.5) is 5.13 Å². The summed E-state index contributed by atoms with van der Waals surface area (Å²) in [4.78, 5) is 9.97. The SMILES string of the molecule is CC.CN/C(N)=C/C=C(\N)CCCCc1nnc(N)s1.O=CCc1ccccc1. The predicted molar refractivity (Wildman–Crippen MR) is 123 cm³/mol. The Hall–Kier alpha value is -2.87. The maximum atomic E-state index is 9.97. The van der Waals surface area contributed by atoms with Crippen LogP contribution in [0.5, 0.6) is 0 Å². The maximum absolute atomic E-state index is 9.97. The zero-order valence-electron chi connectivity index (χ0n) is 17.6. The molecule has 0 aliphatic carbocycles. The van der Waals surface area contributed by atoms with Gasteiger partial charge in [0.2, 0.25) is 5.13 Å². The number of aryl methyl sites for hydroxylation is 1. The molecule has 0 amide bonds. The van der Waals surface area contributed by atoms with E-state index in [0.717, 1.165) is 48.2 Å². The molecule has 1 aromatic heterocycles. The van der Waals surface area contributed by atoms with Gasteiger partial charge < -0.3 is 27.3 Å². The molecule has 2 aromatic rings. The average Bonchev–Trinajstić information content (AvgIpc) is 3.17. The van der Waals surface area contributed by atoms with Gasteiger partial charge in [-0.3, -0.25) is 0 Å². The lowest BCUT2D eigenvalue weighted by Crippen LogP contribution is -2.14. The number of hydrogen-bond acceptors (Lipinski definition) is 8. The Morgan fingerprint density at radius 3 is 2.34 bits per heavy atom. The van der Waals surface area contributed by atoms with Crippen molar-refractivity contribution in [3.8, 4) is 0 Å². The predicted octanol–water partition coefficient (Wildman–Crippen LogP) is 3.15. The highest BCUT2D eigenvalue weighted by Crippen LogP contribution is 2.14. The summed E-state index contributed by atoms with van der Waals surface area (Å²) in [5.74, 6) is 0.599. The minimum Gasteiger partial charge on any atom is -0.402 e. The van der Waals surface area contributed by atoms with E-state index in [2.05, 4.69) is 15.5 Å². The number of allylic oxidation sites excluding steroid dienone is 3. The van der Waals surface area contributed by atoms with Gasteiger partial charge in [0.1, 0.15) is 11.3 Å². The number of nitrogens with zero attached hydrogens (tertiary/aromatic N) is 2. The van der Waals surface area contributed by atoms with E-state index in [1.165, 1.54) is 11.3 Å². The first-order chi connectivity index (χ1) is 14.0. The Bertz CT molecular complexity index is 728. The van der Waals surface area contributed by atoms with Crippen LogP contribution in [-0.2, 0) is 17.6 Å². The van der Waals surface area contributed by atoms with Gasteiger partial charge in [-0.1, -0.05) is 55.5 Å². The number of unbranched alkanes of at least 4 members (excludes halogenated alkanes) is 1. The molecule has 7 N–H and O–H groups in total. The van der Waals surface area contributed by atoms with Crippen molar-refractivity contribution < 1.29 is 4.79 Å². The number of anilines is 1. The zero-order chi connectivity index (χ0) is 21.9. The molecule has 0 atom stereocenters. The Morgan fingerprint density at radius 1 is 1.10 bits per heavy atom. The molecular formula is C21H34N6OS. The highest BCUT2D eigenvalue weighted by atomic mass is 32.1. The Labute approximate surface area is 178 Å². The molecule has 0 radical (unpaired) electrons. The summed E-state index contributed by atoms with van der Waals surface area (Å²) in [6, 6.07) is 9.68. The fourth-order valence-corrected chi connectivity index (χ4v) is 2.70. The smallest absolute Gasteiger partial charge is 0.203 e. The number of nitrogen functional groups attached to an aromatic ring is 1. The van der Waals surface area contributed by atoms with Gasteiger partial charge in [-0.05, 0) is 37.0 Å². The van der Waals surface area contributed by atoms with Gasteiger partial charge >= 0.3 is 0 Å². The Balaban J connectivity index is 0.000000595. The van der Waals surface area contributed by atoms with Gasteiger partial charge in [0.05, 0.1) is 5.82 Å². The third kappa shape index (κ3) is 13.9. The van der Waals surface area contributed by atoms with Crippen molar-refractivity contribution in [2.75, 3.05) is 12.8 Å². The van der Waals surface area contributed by atoms with Gasteiger partial charge in [0, 0.05) is 25.6 Å². The molecule has 0 fully saturated rings. The largest absolute Gasteiger partial charge is 0.402 e. The van der Waals surface area contributed by atoms with E-state index in [-0.39, 0.29) is 0 Å². The van der Waals surface area contributed by atoms with Crippen LogP contribution in [0.15, 0.2) is 54.0 Å². The second-order valence-corrected chi connectivity index (χ2v) is 6.80. The number of rotatable bonds is 9. The van der Waals surface area contributed by atoms with Crippen LogP contribution in [0.2, 0.25) is 0 Å². The van der Waals surface area contributed by atoms with Crippen LogP contribution >= 0.6 is 11.3 Å². The topological polar surface area (TPSA) is 133 Å². The monoisotopic (exact) mass is 418 g/mol.